The molecule has 0 aliphatic heterocycles. The van der Waals surface area contributed by atoms with E-state index in [1.54, 1.807) is 0 Å². The molecular formula is C10H7BrO8S2. The molecule has 2 aromatic carbocycles. The lowest BCUT2D eigenvalue weighted by atomic mass is 10.1. The van der Waals surface area contributed by atoms with E-state index in [2.05, 4.69) is 15.9 Å². The van der Waals surface area contributed by atoms with Gasteiger partial charge in [0, 0.05) is 6.07 Å². The third kappa shape index (κ3) is 2.82. The SMILES string of the molecule is O=S(=O)(O)c1cc(O)c2c(O)c(Br)c(S(=O)(=O)O)cc2c1. The Balaban J connectivity index is 3.03. The van der Waals surface area contributed by atoms with E-state index in [9.17, 15) is 27.0 Å². The fourth-order valence-corrected chi connectivity index (χ4v) is 3.82. The van der Waals surface area contributed by atoms with Crippen molar-refractivity contribution in [2.24, 2.45) is 0 Å². The molecule has 8 nitrogen and oxygen atoms in total. The van der Waals surface area contributed by atoms with Crippen molar-refractivity contribution in [1.29, 1.82) is 0 Å². The lowest BCUT2D eigenvalue weighted by molar-refractivity contribution is 0.454. The fraction of sp³-hybridized carbons (Fsp3) is 0. The Morgan fingerprint density at radius 1 is 0.905 bits per heavy atom. The molecule has 0 spiro atoms. The van der Waals surface area contributed by atoms with Crippen molar-refractivity contribution in [2.45, 2.75) is 9.79 Å². The van der Waals surface area contributed by atoms with Crippen molar-refractivity contribution in [1.82, 2.24) is 0 Å². The molecule has 114 valence electrons. The first-order chi connectivity index (χ1) is 9.43. The second-order valence-corrected chi connectivity index (χ2v) is 7.63. The van der Waals surface area contributed by atoms with Gasteiger partial charge >= 0.3 is 0 Å². The highest BCUT2D eigenvalue weighted by atomic mass is 79.9. The maximum atomic E-state index is 11.2. The zero-order chi connectivity index (χ0) is 16.2. The second kappa shape index (κ2) is 4.81. The van der Waals surface area contributed by atoms with Crippen LogP contribution in [0.5, 0.6) is 11.5 Å². The lowest BCUT2D eigenvalue weighted by Gasteiger charge is -2.10. The summed E-state index contributed by atoms with van der Waals surface area (Å²) in [5.41, 5.74) is 0. The number of benzene rings is 2. The Bertz CT molecular complexity index is 962. The van der Waals surface area contributed by atoms with Crippen molar-refractivity contribution in [3.63, 3.8) is 0 Å². The summed E-state index contributed by atoms with van der Waals surface area (Å²) in [6.07, 6.45) is 0. The summed E-state index contributed by atoms with van der Waals surface area (Å²) in [5, 5.41) is 19.2. The summed E-state index contributed by atoms with van der Waals surface area (Å²) in [6.45, 7) is 0. The molecule has 2 aromatic rings. The standard InChI is InChI=1S/C10H7BrO8S2/c11-9-7(21(17,18)19)2-4-1-5(20(14,15)16)3-6(12)8(4)10(9)13/h1-3,12-13H,(H,14,15,16)(H,17,18,19). The highest BCUT2D eigenvalue weighted by Crippen LogP contribution is 2.42. The van der Waals surface area contributed by atoms with Crippen molar-refractivity contribution in [2.75, 3.05) is 0 Å². The van der Waals surface area contributed by atoms with Gasteiger partial charge in [-0.1, -0.05) is 0 Å². The molecule has 0 aliphatic rings. The van der Waals surface area contributed by atoms with E-state index in [0.29, 0.717) is 6.07 Å². The minimum Gasteiger partial charge on any atom is -0.507 e. The van der Waals surface area contributed by atoms with E-state index >= 15 is 0 Å². The molecule has 4 N–H and O–H groups in total. The Morgan fingerprint density at radius 3 is 1.95 bits per heavy atom. The average molecular weight is 399 g/mol. The minimum atomic E-state index is -4.71. The van der Waals surface area contributed by atoms with Crippen molar-refractivity contribution in [3.8, 4) is 11.5 Å². The fourth-order valence-electron chi connectivity index (χ4n) is 1.76. The quantitative estimate of drug-likeness (QED) is 0.555. The van der Waals surface area contributed by atoms with Gasteiger partial charge in [-0.2, -0.15) is 16.8 Å². The molecular weight excluding hydrogens is 392 g/mol. The first-order valence-corrected chi connectivity index (χ1v) is 8.73. The third-order valence-corrected chi connectivity index (χ3v) is 5.42. The highest BCUT2D eigenvalue weighted by molar-refractivity contribution is 9.10. The number of phenols is 2. The Labute approximate surface area is 127 Å². The number of hydrogen-bond donors (Lipinski definition) is 4. The van der Waals surface area contributed by atoms with Gasteiger partial charge in [0.15, 0.2) is 0 Å². The van der Waals surface area contributed by atoms with Gasteiger partial charge in [-0.15, -0.1) is 0 Å². The zero-order valence-corrected chi connectivity index (χ0v) is 13.1. The predicted molar refractivity (Wildman–Crippen MR) is 74.6 cm³/mol. The monoisotopic (exact) mass is 398 g/mol. The molecule has 0 unspecified atom stereocenters. The predicted octanol–water partition coefficient (Wildman–Crippen LogP) is 1.51. The van der Waals surface area contributed by atoms with Crippen molar-refractivity contribution in [3.05, 3.63) is 22.7 Å². The van der Waals surface area contributed by atoms with Gasteiger partial charge < -0.3 is 10.2 Å². The topological polar surface area (TPSA) is 149 Å². The molecule has 0 saturated carbocycles. The largest absolute Gasteiger partial charge is 0.507 e. The van der Waals surface area contributed by atoms with Gasteiger partial charge in [-0.05, 0) is 33.4 Å². The van der Waals surface area contributed by atoms with E-state index in [-0.39, 0.29) is 10.8 Å². The van der Waals surface area contributed by atoms with Crippen LogP contribution < -0.4 is 0 Å². The molecule has 0 atom stereocenters. The Kier molecular flexibility index (Phi) is 3.66. The van der Waals surface area contributed by atoms with Crippen LogP contribution in [0, 0.1) is 0 Å². The summed E-state index contributed by atoms with van der Waals surface area (Å²) >= 11 is 2.76. The molecule has 0 aromatic heterocycles. The van der Waals surface area contributed by atoms with Crippen LogP contribution in [0.3, 0.4) is 0 Å². The molecule has 2 rings (SSSR count). The molecule has 0 amide bonds. The van der Waals surface area contributed by atoms with Crippen LogP contribution in [0.2, 0.25) is 0 Å². The molecule has 0 bridgehead atoms. The first kappa shape index (κ1) is 16.0. The number of halogens is 1. The van der Waals surface area contributed by atoms with Gasteiger partial charge in [0.2, 0.25) is 0 Å². The summed E-state index contributed by atoms with van der Waals surface area (Å²) < 4.78 is 62.1. The third-order valence-electron chi connectivity index (χ3n) is 2.64. The van der Waals surface area contributed by atoms with E-state index in [0.717, 1.165) is 12.1 Å². The van der Waals surface area contributed by atoms with Crippen molar-refractivity contribution < 1.29 is 36.2 Å². The van der Waals surface area contributed by atoms with Crippen molar-refractivity contribution >= 4 is 46.9 Å². The maximum Gasteiger partial charge on any atom is 0.295 e. The Hall–Kier alpha value is -1.40. The number of rotatable bonds is 2. The van der Waals surface area contributed by atoms with Gasteiger partial charge in [0.1, 0.15) is 16.4 Å². The van der Waals surface area contributed by atoms with Crippen LogP contribution in [-0.2, 0) is 20.2 Å². The lowest BCUT2D eigenvalue weighted by Crippen LogP contribution is -2.01. The molecule has 0 heterocycles. The van der Waals surface area contributed by atoms with Gasteiger partial charge in [0.05, 0.1) is 14.8 Å². The summed E-state index contributed by atoms with van der Waals surface area (Å²) in [7, 11) is -9.36. The zero-order valence-electron chi connectivity index (χ0n) is 9.85. The normalized spacial score (nSPS) is 12.7. The highest BCUT2D eigenvalue weighted by Gasteiger charge is 2.23. The molecule has 0 radical (unpaired) electrons. The first-order valence-electron chi connectivity index (χ1n) is 5.06. The summed E-state index contributed by atoms with van der Waals surface area (Å²) in [4.78, 5) is -1.42. The van der Waals surface area contributed by atoms with Gasteiger partial charge in [-0.3, -0.25) is 9.11 Å². The number of aromatic hydroxyl groups is 2. The minimum absolute atomic E-state index is 0.212. The van der Waals surface area contributed by atoms with Crippen LogP contribution in [0.15, 0.2) is 32.5 Å². The number of phenolic OH excluding ortho intramolecular Hbond substituents is 2. The molecule has 11 heteroatoms. The van der Waals surface area contributed by atoms with Crippen LogP contribution in [-0.4, -0.2) is 36.2 Å². The van der Waals surface area contributed by atoms with E-state index in [4.69, 9.17) is 9.11 Å². The molecule has 0 saturated heterocycles. The summed E-state index contributed by atoms with van der Waals surface area (Å²) in [6, 6.07) is 2.37. The van der Waals surface area contributed by atoms with E-state index < -0.39 is 46.0 Å². The molecule has 0 aliphatic carbocycles. The number of hydrogen-bond acceptors (Lipinski definition) is 6. The maximum absolute atomic E-state index is 11.2. The van der Waals surface area contributed by atoms with Crippen LogP contribution in [0.1, 0.15) is 0 Å². The Morgan fingerprint density at radius 2 is 1.48 bits per heavy atom. The van der Waals surface area contributed by atoms with E-state index in [1.165, 1.54) is 0 Å². The second-order valence-electron chi connectivity index (χ2n) is 4.03. The van der Waals surface area contributed by atoms with Crippen LogP contribution >= 0.6 is 15.9 Å². The van der Waals surface area contributed by atoms with Crippen LogP contribution in [0.25, 0.3) is 10.8 Å². The molecule has 21 heavy (non-hydrogen) atoms. The van der Waals surface area contributed by atoms with Gasteiger partial charge in [-0.25, -0.2) is 0 Å². The average Bonchev–Trinajstić information content (AvgIpc) is 2.30. The number of fused-ring (bicyclic) bond motifs is 1. The van der Waals surface area contributed by atoms with Gasteiger partial charge in [0.25, 0.3) is 20.2 Å². The van der Waals surface area contributed by atoms with Crippen LogP contribution in [0.4, 0.5) is 0 Å². The summed E-state index contributed by atoms with van der Waals surface area (Å²) in [5.74, 6) is -1.40. The smallest absolute Gasteiger partial charge is 0.295 e. The van der Waals surface area contributed by atoms with E-state index in [1.807, 2.05) is 0 Å². The molecule has 0 fully saturated rings.